The quantitative estimate of drug-likeness (QED) is 0.659. The second-order valence-electron chi connectivity index (χ2n) is 7.65. The van der Waals surface area contributed by atoms with Crippen molar-refractivity contribution in [3.63, 3.8) is 0 Å². The molecule has 0 radical (unpaired) electrons. The van der Waals surface area contributed by atoms with Gasteiger partial charge in [-0.05, 0) is 57.5 Å². The number of ether oxygens (including phenoxy) is 1. The zero-order valence-electron chi connectivity index (χ0n) is 17.9. The monoisotopic (exact) mass is 446 g/mol. The fraction of sp³-hybridized carbons (Fsp3) is 0.409. The van der Waals surface area contributed by atoms with Crippen molar-refractivity contribution in [2.24, 2.45) is 0 Å². The predicted octanol–water partition coefficient (Wildman–Crippen LogP) is 3.02. The molecular formula is C22H27FN4O3S. The van der Waals surface area contributed by atoms with Crippen molar-refractivity contribution in [1.29, 1.82) is 0 Å². The third-order valence-electron chi connectivity index (χ3n) is 4.95. The van der Waals surface area contributed by atoms with E-state index in [1.54, 1.807) is 22.7 Å². The van der Waals surface area contributed by atoms with E-state index in [1.165, 1.54) is 0 Å². The number of aromatic nitrogens is 1. The lowest BCUT2D eigenvalue weighted by molar-refractivity contribution is -0.132. The number of pyridine rings is 1. The Morgan fingerprint density at radius 1 is 1.29 bits per heavy atom. The number of hydrogen-bond acceptors (Lipinski definition) is 6. The van der Waals surface area contributed by atoms with E-state index >= 15 is 0 Å². The van der Waals surface area contributed by atoms with E-state index in [1.807, 2.05) is 43.5 Å². The molecule has 166 valence electrons. The first-order chi connectivity index (χ1) is 14.9. The van der Waals surface area contributed by atoms with Gasteiger partial charge in [-0.2, -0.15) is 0 Å². The molecule has 3 rings (SSSR count). The number of thioether (sulfide) groups is 1. The van der Waals surface area contributed by atoms with Gasteiger partial charge in [0.05, 0.1) is 12.7 Å². The van der Waals surface area contributed by atoms with Crippen LogP contribution in [0.3, 0.4) is 0 Å². The van der Waals surface area contributed by atoms with Gasteiger partial charge in [0.25, 0.3) is 5.91 Å². The fourth-order valence-corrected chi connectivity index (χ4v) is 3.80. The number of nitrogens with one attached hydrogen (secondary N) is 1. The highest BCUT2D eigenvalue weighted by molar-refractivity contribution is 7.98. The summed E-state index contributed by atoms with van der Waals surface area (Å²) in [5, 5.41) is 2.93. The summed E-state index contributed by atoms with van der Waals surface area (Å²) in [7, 11) is 3.71. The number of nitrogens with zero attached hydrogens (tertiary/aromatic N) is 3. The van der Waals surface area contributed by atoms with Crippen LogP contribution in [0.15, 0.2) is 41.4 Å². The van der Waals surface area contributed by atoms with Crippen molar-refractivity contribution in [1.82, 2.24) is 20.1 Å². The van der Waals surface area contributed by atoms with Crippen LogP contribution in [0.2, 0.25) is 0 Å². The van der Waals surface area contributed by atoms with Crippen molar-refractivity contribution >= 4 is 23.6 Å². The van der Waals surface area contributed by atoms with Crippen molar-refractivity contribution < 1.29 is 18.7 Å². The van der Waals surface area contributed by atoms with E-state index in [0.29, 0.717) is 38.2 Å². The molecule has 1 aromatic heterocycles. The zero-order chi connectivity index (χ0) is 22.4. The first-order valence-corrected chi connectivity index (χ1v) is 11.3. The van der Waals surface area contributed by atoms with E-state index in [-0.39, 0.29) is 23.4 Å². The van der Waals surface area contributed by atoms with E-state index in [0.717, 1.165) is 17.2 Å². The molecule has 31 heavy (non-hydrogen) atoms. The van der Waals surface area contributed by atoms with Crippen LogP contribution in [-0.2, 0) is 4.79 Å². The molecule has 0 spiro atoms. The molecule has 1 aliphatic rings. The molecule has 2 heterocycles. The van der Waals surface area contributed by atoms with E-state index in [2.05, 4.69) is 10.3 Å². The second kappa shape index (κ2) is 10.6. The molecule has 0 saturated carbocycles. The number of hydrogen-bond donors (Lipinski definition) is 1. The molecule has 2 amide bonds. The first-order valence-electron chi connectivity index (χ1n) is 10.1. The molecule has 0 atom stereocenters. The molecule has 1 aliphatic heterocycles. The lowest BCUT2D eigenvalue weighted by Crippen LogP contribution is -2.48. The summed E-state index contributed by atoms with van der Waals surface area (Å²) in [6, 6.07) is 8.40. The highest BCUT2D eigenvalue weighted by Gasteiger charge is 2.26. The summed E-state index contributed by atoms with van der Waals surface area (Å²) in [4.78, 5) is 33.7. The molecule has 7 nitrogen and oxygen atoms in total. The minimum absolute atomic E-state index is 0.0423. The van der Waals surface area contributed by atoms with Crippen LogP contribution in [0.5, 0.6) is 11.6 Å². The third-order valence-corrected chi connectivity index (χ3v) is 5.68. The Kier molecular flexibility index (Phi) is 7.86. The maximum atomic E-state index is 13.8. The SMILES string of the molecule is CSc1cccc(Oc2ncc(F)cc2C(=O)NC2CCN(C(=O)CN(C)C)CC2)c1. The number of halogens is 1. The molecule has 0 aliphatic carbocycles. The summed E-state index contributed by atoms with van der Waals surface area (Å²) in [6.45, 7) is 1.51. The summed E-state index contributed by atoms with van der Waals surface area (Å²) in [6.07, 6.45) is 4.26. The largest absolute Gasteiger partial charge is 0.438 e. The number of piperidine rings is 1. The molecule has 1 fully saturated rings. The lowest BCUT2D eigenvalue weighted by Gasteiger charge is -2.33. The van der Waals surface area contributed by atoms with Crippen LogP contribution in [0.25, 0.3) is 0 Å². The Morgan fingerprint density at radius 3 is 2.71 bits per heavy atom. The third kappa shape index (κ3) is 6.41. The van der Waals surface area contributed by atoms with Gasteiger partial charge < -0.3 is 19.9 Å². The van der Waals surface area contributed by atoms with Gasteiger partial charge in [-0.15, -0.1) is 11.8 Å². The topological polar surface area (TPSA) is 74.8 Å². The first kappa shape index (κ1) is 23.0. The zero-order valence-corrected chi connectivity index (χ0v) is 18.7. The lowest BCUT2D eigenvalue weighted by atomic mass is 10.0. The molecule has 0 bridgehead atoms. The highest BCUT2D eigenvalue weighted by atomic mass is 32.2. The van der Waals surface area contributed by atoms with Crippen LogP contribution in [0.1, 0.15) is 23.2 Å². The van der Waals surface area contributed by atoms with E-state index in [4.69, 9.17) is 4.74 Å². The van der Waals surface area contributed by atoms with Crippen LogP contribution in [0, 0.1) is 5.82 Å². The molecule has 2 aromatic rings. The molecule has 0 unspecified atom stereocenters. The van der Waals surface area contributed by atoms with Crippen molar-refractivity contribution in [3.8, 4) is 11.6 Å². The molecule has 9 heteroatoms. The Bertz CT molecular complexity index is 933. The minimum atomic E-state index is -0.612. The summed E-state index contributed by atoms with van der Waals surface area (Å²) in [5.74, 6) is -0.406. The second-order valence-corrected chi connectivity index (χ2v) is 8.53. The maximum absolute atomic E-state index is 13.8. The van der Waals surface area contributed by atoms with Gasteiger partial charge in [0, 0.05) is 24.0 Å². The molecule has 1 N–H and O–H groups in total. The van der Waals surface area contributed by atoms with Gasteiger partial charge in [0.15, 0.2) is 0 Å². The van der Waals surface area contributed by atoms with Crippen LogP contribution in [0.4, 0.5) is 4.39 Å². The van der Waals surface area contributed by atoms with E-state index in [9.17, 15) is 14.0 Å². The number of carbonyl (C=O) groups excluding carboxylic acids is 2. The summed E-state index contributed by atoms with van der Waals surface area (Å²) >= 11 is 1.56. The van der Waals surface area contributed by atoms with Gasteiger partial charge in [-0.25, -0.2) is 9.37 Å². The van der Waals surface area contributed by atoms with Gasteiger partial charge in [-0.1, -0.05) is 6.07 Å². The predicted molar refractivity (Wildman–Crippen MR) is 118 cm³/mol. The van der Waals surface area contributed by atoms with E-state index < -0.39 is 11.7 Å². The molecule has 1 aromatic carbocycles. The number of carbonyl (C=O) groups is 2. The summed E-state index contributed by atoms with van der Waals surface area (Å²) in [5.41, 5.74) is 0.0423. The Labute approximate surface area is 186 Å². The Hall–Kier alpha value is -2.65. The van der Waals surface area contributed by atoms with Crippen LogP contribution < -0.4 is 10.1 Å². The fourth-order valence-electron chi connectivity index (χ4n) is 3.35. The maximum Gasteiger partial charge on any atom is 0.257 e. The Morgan fingerprint density at radius 2 is 2.03 bits per heavy atom. The molecular weight excluding hydrogens is 419 g/mol. The van der Waals surface area contributed by atoms with Crippen molar-refractivity contribution in [3.05, 3.63) is 47.9 Å². The highest BCUT2D eigenvalue weighted by Crippen LogP contribution is 2.27. The van der Waals surface area contributed by atoms with Crippen LogP contribution in [-0.4, -0.2) is 72.6 Å². The van der Waals surface area contributed by atoms with Gasteiger partial charge >= 0.3 is 0 Å². The standard InChI is InChI=1S/C22H27FN4O3S/c1-26(2)14-20(28)27-9-7-16(8-10-27)25-21(29)19-11-15(23)13-24-22(19)30-17-5-4-6-18(12-17)31-3/h4-6,11-13,16H,7-10,14H2,1-3H3,(H,25,29). The van der Waals surface area contributed by atoms with Gasteiger partial charge in [0.1, 0.15) is 17.1 Å². The molecule has 1 saturated heterocycles. The van der Waals surface area contributed by atoms with Gasteiger partial charge in [-0.3, -0.25) is 9.59 Å². The smallest absolute Gasteiger partial charge is 0.257 e. The van der Waals surface area contributed by atoms with Gasteiger partial charge in [0.2, 0.25) is 11.8 Å². The summed E-state index contributed by atoms with van der Waals surface area (Å²) < 4.78 is 19.6. The minimum Gasteiger partial charge on any atom is -0.438 e. The normalized spacial score (nSPS) is 14.5. The van der Waals surface area contributed by atoms with Crippen LogP contribution >= 0.6 is 11.8 Å². The number of benzene rings is 1. The number of likely N-dealkylation sites (N-methyl/N-ethyl adjacent to an activating group) is 1. The van der Waals surface area contributed by atoms with Crippen molar-refractivity contribution in [2.75, 3.05) is 40.0 Å². The number of rotatable bonds is 7. The average Bonchev–Trinajstić information content (AvgIpc) is 2.75. The van der Waals surface area contributed by atoms with Crippen molar-refractivity contribution in [2.45, 2.75) is 23.8 Å². The number of likely N-dealkylation sites (tertiary alicyclic amines) is 1. The number of amides is 2. The average molecular weight is 447 g/mol. The Balaban J connectivity index is 1.65.